The minimum absolute atomic E-state index is 0.0260. The predicted octanol–water partition coefficient (Wildman–Crippen LogP) is 2.27. The maximum absolute atomic E-state index is 12.8. The molecule has 8 nitrogen and oxygen atoms in total. The van der Waals surface area contributed by atoms with Crippen molar-refractivity contribution in [3.63, 3.8) is 0 Å². The summed E-state index contributed by atoms with van der Waals surface area (Å²) in [6, 6.07) is 13.0. The SMILES string of the molecule is CCOc1ccccc1N=Cc1c(C)[nH]n(-c2ccc(S(N)(=O)=O)cc2)c1=O. The van der Waals surface area contributed by atoms with Crippen LogP contribution in [0.4, 0.5) is 5.69 Å². The van der Waals surface area contributed by atoms with Gasteiger partial charge in [0.05, 0.1) is 22.8 Å². The van der Waals surface area contributed by atoms with Gasteiger partial charge in [-0.3, -0.25) is 14.9 Å². The monoisotopic (exact) mass is 400 g/mol. The van der Waals surface area contributed by atoms with Crippen LogP contribution >= 0.6 is 0 Å². The van der Waals surface area contributed by atoms with Crippen molar-refractivity contribution in [2.45, 2.75) is 18.7 Å². The number of rotatable bonds is 6. The van der Waals surface area contributed by atoms with Crippen LogP contribution in [0.5, 0.6) is 5.75 Å². The molecule has 0 bridgehead atoms. The lowest BCUT2D eigenvalue weighted by molar-refractivity contribution is 0.341. The molecule has 3 N–H and O–H groups in total. The van der Waals surface area contributed by atoms with E-state index in [2.05, 4.69) is 10.1 Å². The van der Waals surface area contributed by atoms with Crippen LogP contribution in [-0.2, 0) is 10.0 Å². The molecule has 0 aliphatic rings. The number of ether oxygens (including phenoxy) is 1. The van der Waals surface area contributed by atoms with Crippen molar-refractivity contribution in [3.05, 3.63) is 70.1 Å². The number of benzene rings is 2. The molecule has 28 heavy (non-hydrogen) atoms. The van der Waals surface area contributed by atoms with Crippen molar-refractivity contribution in [2.24, 2.45) is 10.1 Å². The van der Waals surface area contributed by atoms with Crippen LogP contribution in [-0.4, -0.2) is 31.0 Å². The molecule has 1 aromatic heterocycles. The number of nitrogens with two attached hydrogens (primary N) is 1. The van der Waals surface area contributed by atoms with Gasteiger partial charge in [-0.1, -0.05) is 12.1 Å². The smallest absolute Gasteiger partial charge is 0.280 e. The second kappa shape index (κ2) is 7.83. The average Bonchev–Trinajstić information content (AvgIpc) is 2.95. The third-order valence-electron chi connectivity index (χ3n) is 4.04. The number of sulfonamides is 1. The lowest BCUT2D eigenvalue weighted by atomic mass is 10.2. The van der Waals surface area contributed by atoms with Gasteiger partial charge >= 0.3 is 0 Å². The summed E-state index contributed by atoms with van der Waals surface area (Å²) in [4.78, 5) is 17.1. The first kappa shape index (κ1) is 19.6. The van der Waals surface area contributed by atoms with Gasteiger partial charge in [-0.2, -0.15) is 0 Å². The number of aryl methyl sites for hydroxylation is 1. The third kappa shape index (κ3) is 4.05. The molecule has 2 aromatic carbocycles. The zero-order chi connectivity index (χ0) is 20.3. The molecule has 0 amide bonds. The van der Waals surface area contributed by atoms with Gasteiger partial charge in [0.25, 0.3) is 5.56 Å². The minimum Gasteiger partial charge on any atom is -0.492 e. The highest BCUT2D eigenvalue weighted by Crippen LogP contribution is 2.26. The molecule has 0 radical (unpaired) electrons. The topological polar surface area (TPSA) is 120 Å². The van der Waals surface area contributed by atoms with Crippen molar-refractivity contribution in [2.75, 3.05) is 6.61 Å². The highest BCUT2D eigenvalue weighted by atomic mass is 32.2. The maximum atomic E-state index is 12.8. The molecule has 0 aliphatic carbocycles. The lowest BCUT2D eigenvalue weighted by Crippen LogP contribution is -2.17. The predicted molar refractivity (Wildman–Crippen MR) is 107 cm³/mol. The molecule has 0 fully saturated rings. The van der Waals surface area contributed by atoms with E-state index in [4.69, 9.17) is 9.88 Å². The Hall–Kier alpha value is -3.17. The molecule has 0 atom stereocenters. The second-order valence-corrected chi connectivity index (χ2v) is 7.55. The summed E-state index contributed by atoms with van der Waals surface area (Å²) in [5, 5.41) is 8.06. The molecule has 0 saturated carbocycles. The molecular weight excluding hydrogens is 380 g/mol. The van der Waals surface area contributed by atoms with Crippen LogP contribution in [0.3, 0.4) is 0 Å². The molecule has 0 aliphatic heterocycles. The number of primary sulfonamides is 1. The summed E-state index contributed by atoms with van der Waals surface area (Å²) in [5.74, 6) is 0.633. The van der Waals surface area contributed by atoms with E-state index in [-0.39, 0.29) is 10.5 Å². The first-order chi connectivity index (χ1) is 13.3. The Morgan fingerprint density at radius 3 is 2.50 bits per heavy atom. The Bertz CT molecular complexity index is 1180. The molecule has 0 saturated heterocycles. The number of para-hydroxylation sites is 2. The fraction of sp³-hybridized carbons (Fsp3) is 0.158. The maximum Gasteiger partial charge on any atom is 0.280 e. The summed E-state index contributed by atoms with van der Waals surface area (Å²) in [5.41, 5.74) is 1.81. The quantitative estimate of drug-likeness (QED) is 0.617. The van der Waals surface area contributed by atoms with Gasteiger partial charge in [0.15, 0.2) is 0 Å². The van der Waals surface area contributed by atoms with Crippen LogP contribution in [0.1, 0.15) is 18.2 Å². The summed E-state index contributed by atoms with van der Waals surface area (Å²) < 4.78 is 29.6. The van der Waals surface area contributed by atoms with Gasteiger partial charge in [-0.05, 0) is 50.2 Å². The first-order valence-corrected chi connectivity index (χ1v) is 10.1. The molecular formula is C19H20N4O4S. The van der Waals surface area contributed by atoms with Crippen LogP contribution < -0.4 is 15.4 Å². The Labute approximate surface area is 162 Å². The fourth-order valence-electron chi connectivity index (χ4n) is 2.65. The van der Waals surface area contributed by atoms with Crippen molar-refractivity contribution in [1.29, 1.82) is 0 Å². The molecule has 0 unspecified atom stereocenters. The van der Waals surface area contributed by atoms with Gasteiger partial charge in [0.2, 0.25) is 10.0 Å². The molecule has 9 heteroatoms. The van der Waals surface area contributed by atoms with E-state index in [1.54, 1.807) is 13.0 Å². The standard InChI is InChI=1S/C19H20N4O4S/c1-3-27-18-7-5-4-6-17(18)21-12-16-13(2)22-23(19(16)24)14-8-10-15(11-9-14)28(20,25)26/h4-12,22H,3H2,1-2H3,(H2,20,25,26). The summed E-state index contributed by atoms with van der Waals surface area (Å²) in [6.45, 7) is 4.15. The van der Waals surface area contributed by atoms with Crippen LogP contribution in [0.15, 0.2) is 63.2 Å². The van der Waals surface area contributed by atoms with E-state index in [0.29, 0.717) is 35.0 Å². The molecule has 3 rings (SSSR count). The van der Waals surface area contributed by atoms with Crippen LogP contribution in [0.2, 0.25) is 0 Å². The van der Waals surface area contributed by atoms with E-state index < -0.39 is 10.0 Å². The van der Waals surface area contributed by atoms with E-state index in [9.17, 15) is 13.2 Å². The highest BCUT2D eigenvalue weighted by molar-refractivity contribution is 7.89. The van der Waals surface area contributed by atoms with Crippen molar-refractivity contribution in [3.8, 4) is 11.4 Å². The van der Waals surface area contributed by atoms with Crippen LogP contribution in [0.25, 0.3) is 5.69 Å². The van der Waals surface area contributed by atoms with Crippen LogP contribution in [0, 0.1) is 6.92 Å². The number of H-pyrrole nitrogens is 1. The van der Waals surface area contributed by atoms with E-state index in [0.717, 1.165) is 0 Å². The van der Waals surface area contributed by atoms with Crippen molar-refractivity contribution in [1.82, 2.24) is 9.78 Å². The Morgan fingerprint density at radius 2 is 1.86 bits per heavy atom. The largest absolute Gasteiger partial charge is 0.492 e. The average molecular weight is 400 g/mol. The number of aromatic nitrogens is 2. The van der Waals surface area contributed by atoms with E-state index >= 15 is 0 Å². The molecule has 146 valence electrons. The molecule has 0 spiro atoms. The van der Waals surface area contributed by atoms with Gasteiger partial charge in [-0.15, -0.1) is 0 Å². The summed E-state index contributed by atoms with van der Waals surface area (Å²) in [6.07, 6.45) is 1.49. The summed E-state index contributed by atoms with van der Waals surface area (Å²) in [7, 11) is -3.79. The van der Waals surface area contributed by atoms with Gasteiger partial charge in [-0.25, -0.2) is 18.2 Å². The first-order valence-electron chi connectivity index (χ1n) is 8.52. The van der Waals surface area contributed by atoms with Gasteiger partial charge in [0, 0.05) is 11.9 Å². The third-order valence-corrected chi connectivity index (χ3v) is 4.97. The van der Waals surface area contributed by atoms with E-state index in [1.165, 1.54) is 35.2 Å². The normalized spacial score (nSPS) is 11.8. The Kier molecular flexibility index (Phi) is 5.48. The number of nitrogens with one attached hydrogen (secondary N) is 1. The lowest BCUT2D eigenvalue weighted by Gasteiger charge is -2.05. The molecule has 3 aromatic rings. The van der Waals surface area contributed by atoms with Gasteiger partial charge in [0.1, 0.15) is 11.4 Å². The van der Waals surface area contributed by atoms with E-state index in [1.807, 2.05) is 25.1 Å². The number of hydrogen-bond donors (Lipinski definition) is 2. The van der Waals surface area contributed by atoms with Crippen molar-refractivity contribution >= 4 is 21.9 Å². The van der Waals surface area contributed by atoms with Gasteiger partial charge < -0.3 is 4.74 Å². The zero-order valence-electron chi connectivity index (χ0n) is 15.4. The number of nitrogens with zero attached hydrogens (tertiary/aromatic N) is 2. The Morgan fingerprint density at radius 1 is 1.18 bits per heavy atom. The molecule has 1 heterocycles. The minimum atomic E-state index is -3.79. The second-order valence-electron chi connectivity index (χ2n) is 5.99. The number of aliphatic imine (C=N–C) groups is 1. The highest BCUT2D eigenvalue weighted by Gasteiger charge is 2.13. The fourth-order valence-corrected chi connectivity index (χ4v) is 3.17. The Balaban J connectivity index is 1.96. The summed E-state index contributed by atoms with van der Waals surface area (Å²) >= 11 is 0. The number of aromatic amines is 1. The zero-order valence-corrected chi connectivity index (χ0v) is 16.2. The number of hydrogen-bond acceptors (Lipinski definition) is 5. The van der Waals surface area contributed by atoms with Crippen molar-refractivity contribution < 1.29 is 13.2 Å².